The van der Waals surface area contributed by atoms with Crippen LogP contribution in [0.25, 0.3) is 10.2 Å². The second kappa shape index (κ2) is 10.8. The molecule has 0 fully saturated rings. The van der Waals surface area contributed by atoms with Gasteiger partial charge < -0.3 is 0 Å². The van der Waals surface area contributed by atoms with Crippen LogP contribution in [-0.2, 0) is 10.0 Å². The van der Waals surface area contributed by atoms with Gasteiger partial charge >= 0.3 is 0 Å². The summed E-state index contributed by atoms with van der Waals surface area (Å²) < 4.78 is 28.3. The SMILES string of the molecule is CCCCN(CCCC)S(=O)(=O)c1ccc(C(=O)Nc2nc3cc([N+](=O)[O-])ccc3s2)cc1. The highest BCUT2D eigenvalue weighted by Crippen LogP contribution is 2.29. The van der Waals surface area contributed by atoms with Crippen LogP contribution in [0, 0.1) is 10.1 Å². The molecule has 0 atom stereocenters. The van der Waals surface area contributed by atoms with Gasteiger partial charge in [-0.15, -0.1) is 0 Å². The Hall–Kier alpha value is -2.89. The highest BCUT2D eigenvalue weighted by molar-refractivity contribution is 7.89. The number of nitro benzene ring substituents is 1. The van der Waals surface area contributed by atoms with Gasteiger partial charge in [0.2, 0.25) is 10.0 Å². The van der Waals surface area contributed by atoms with Gasteiger partial charge in [0.1, 0.15) is 0 Å². The van der Waals surface area contributed by atoms with Crippen molar-refractivity contribution in [2.45, 2.75) is 44.4 Å². The first-order chi connectivity index (χ1) is 15.8. The second-order valence-corrected chi connectivity index (χ2v) is 10.5. The van der Waals surface area contributed by atoms with E-state index in [1.165, 1.54) is 52.0 Å². The fourth-order valence-corrected chi connectivity index (χ4v) is 5.56. The number of aromatic nitrogens is 1. The number of nitrogens with zero attached hydrogens (tertiary/aromatic N) is 3. The van der Waals surface area contributed by atoms with Gasteiger partial charge in [-0.3, -0.25) is 20.2 Å². The van der Waals surface area contributed by atoms with Gasteiger partial charge in [-0.2, -0.15) is 4.31 Å². The smallest absolute Gasteiger partial charge is 0.271 e. The lowest BCUT2D eigenvalue weighted by Gasteiger charge is -2.22. The van der Waals surface area contributed by atoms with Crippen molar-refractivity contribution >= 4 is 48.3 Å². The Kier molecular flexibility index (Phi) is 8.11. The molecular weight excluding hydrogens is 464 g/mol. The number of carbonyl (C=O) groups excluding carboxylic acids is 1. The molecule has 0 bridgehead atoms. The Labute approximate surface area is 196 Å². The lowest BCUT2D eigenvalue weighted by Crippen LogP contribution is -2.33. The lowest BCUT2D eigenvalue weighted by molar-refractivity contribution is -0.384. The molecule has 0 spiro atoms. The first kappa shape index (κ1) is 24.7. The van der Waals surface area contributed by atoms with Crippen molar-refractivity contribution < 1.29 is 18.1 Å². The number of rotatable bonds is 11. The van der Waals surface area contributed by atoms with E-state index in [9.17, 15) is 23.3 Å². The number of sulfonamides is 1. The third-order valence-corrected chi connectivity index (χ3v) is 7.94. The van der Waals surface area contributed by atoms with E-state index in [1.54, 1.807) is 6.07 Å². The van der Waals surface area contributed by atoms with Gasteiger partial charge in [0.05, 0.1) is 20.0 Å². The average Bonchev–Trinajstić information content (AvgIpc) is 3.20. The van der Waals surface area contributed by atoms with E-state index in [4.69, 9.17) is 0 Å². The van der Waals surface area contributed by atoms with E-state index in [2.05, 4.69) is 10.3 Å². The van der Waals surface area contributed by atoms with Gasteiger partial charge in [0, 0.05) is 30.8 Å². The minimum atomic E-state index is -3.64. The van der Waals surface area contributed by atoms with Crippen LogP contribution in [0.4, 0.5) is 10.8 Å². The summed E-state index contributed by atoms with van der Waals surface area (Å²) in [5.41, 5.74) is 0.632. The van der Waals surface area contributed by atoms with Crippen LogP contribution < -0.4 is 5.32 Å². The number of nitrogens with one attached hydrogen (secondary N) is 1. The van der Waals surface area contributed by atoms with Crippen molar-refractivity contribution in [3.8, 4) is 0 Å². The zero-order valence-electron chi connectivity index (χ0n) is 18.5. The fraction of sp³-hybridized carbons (Fsp3) is 0.364. The highest BCUT2D eigenvalue weighted by Gasteiger charge is 2.24. The monoisotopic (exact) mass is 490 g/mol. The zero-order chi connectivity index (χ0) is 24.0. The number of thiazole rings is 1. The van der Waals surface area contributed by atoms with Gasteiger partial charge in [0.25, 0.3) is 11.6 Å². The van der Waals surface area contributed by atoms with Crippen LogP contribution in [0.2, 0.25) is 0 Å². The Bertz CT molecular complexity index is 1230. The molecule has 0 aliphatic carbocycles. The van der Waals surface area contributed by atoms with Gasteiger partial charge in [-0.1, -0.05) is 38.0 Å². The van der Waals surface area contributed by atoms with Crippen LogP contribution in [0.5, 0.6) is 0 Å². The first-order valence-electron chi connectivity index (χ1n) is 10.7. The number of amides is 1. The molecule has 1 heterocycles. The van der Waals surface area contributed by atoms with Gasteiger partial charge in [0.15, 0.2) is 5.13 Å². The fourth-order valence-electron chi connectivity index (χ4n) is 3.20. The van der Waals surface area contributed by atoms with Crippen LogP contribution in [-0.4, -0.2) is 41.6 Å². The lowest BCUT2D eigenvalue weighted by atomic mass is 10.2. The standard InChI is InChI=1S/C22H26N4O5S2/c1-3-5-13-25(14-6-4-2)33(30,31)18-10-7-16(8-11-18)21(27)24-22-23-19-15-17(26(28)29)9-12-20(19)32-22/h7-12,15H,3-6,13-14H2,1-2H3,(H,23,24,27). The van der Waals surface area contributed by atoms with Crippen molar-refractivity contribution in [3.63, 3.8) is 0 Å². The molecule has 9 nitrogen and oxygen atoms in total. The molecule has 0 saturated heterocycles. The van der Waals surface area contributed by atoms with Crippen LogP contribution in [0.3, 0.4) is 0 Å². The van der Waals surface area contributed by atoms with Crippen LogP contribution in [0.1, 0.15) is 49.9 Å². The molecule has 176 valence electrons. The summed E-state index contributed by atoms with van der Waals surface area (Å²) >= 11 is 1.20. The van der Waals surface area contributed by atoms with Crippen molar-refractivity contribution in [1.82, 2.24) is 9.29 Å². The van der Waals surface area contributed by atoms with Crippen molar-refractivity contribution in [2.24, 2.45) is 0 Å². The largest absolute Gasteiger partial charge is 0.298 e. The third kappa shape index (κ3) is 5.92. The number of benzene rings is 2. The number of nitro groups is 1. The van der Waals surface area contributed by atoms with E-state index in [1.807, 2.05) is 13.8 Å². The molecule has 0 radical (unpaired) electrons. The maximum Gasteiger partial charge on any atom is 0.271 e. The molecule has 33 heavy (non-hydrogen) atoms. The number of anilines is 1. The third-order valence-electron chi connectivity index (χ3n) is 5.08. The normalized spacial score (nSPS) is 11.7. The molecule has 3 aromatic rings. The molecule has 1 amide bonds. The van der Waals surface area contributed by atoms with E-state index in [0.29, 0.717) is 28.4 Å². The molecule has 0 saturated carbocycles. The summed E-state index contributed by atoms with van der Waals surface area (Å²) in [7, 11) is -3.64. The van der Waals surface area contributed by atoms with Crippen LogP contribution in [0.15, 0.2) is 47.4 Å². The number of hydrogen-bond donors (Lipinski definition) is 1. The molecule has 3 rings (SSSR count). The Morgan fingerprint density at radius 3 is 2.30 bits per heavy atom. The van der Waals surface area contributed by atoms with E-state index < -0.39 is 20.9 Å². The van der Waals surface area contributed by atoms with Gasteiger partial charge in [-0.05, 0) is 43.2 Å². The maximum absolute atomic E-state index is 13.1. The number of carbonyl (C=O) groups is 1. The molecule has 1 aromatic heterocycles. The molecule has 0 aliphatic heterocycles. The number of fused-ring (bicyclic) bond motifs is 1. The van der Waals surface area contributed by atoms with E-state index in [0.717, 1.165) is 25.7 Å². The van der Waals surface area contributed by atoms with Crippen molar-refractivity contribution in [1.29, 1.82) is 0 Å². The minimum absolute atomic E-state index is 0.0746. The highest BCUT2D eigenvalue weighted by atomic mass is 32.2. The number of hydrogen-bond acceptors (Lipinski definition) is 7. The summed E-state index contributed by atoms with van der Waals surface area (Å²) in [6.07, 6.45) is 3.37. The predicted molar refractivity (Wildman–Crippen MR) is 129 cm³/mol. The molecular formula is C22H26N4O5S2. The summed E-state index contributed by atoms with van der Waals surface area (Å²) in [6, 6.07) is 10.1. The maximum atomic E-state index is 13.1. The number of non-ortho nitro benzene ring substituents is 1. The van der Waals surface area contributed by atoms with Crippen molar-refractivity contribution in [2.75, 3.05) is 18.4 Å². The summed E-state index contributed by atoms with van der Waals surface area (Å²) in [5, 5.41) is 13.9. The minimum Gasteiger partial charge on any atom is -0.298 e. The Balaban J connectivity index is 1.75. The van der Waals surface area contributed by atoms with Crippen LogP contribution >= 0.6 is 11.3 Å². The van der Waals surface area contributed by atoms with Gasteiger partial charge in [-0.25, -0.2) is 13.4 Å². The summed E-state index contributed by atoms with van der Waals surface area (Å²) in [6.45, 7) is 4.98. The summed E-state index contributed by atoms with van der Waals surface area (Å²) in [5.74, 6) is -0.443. The quantitative estimate of drug-likeness (QED) is 0.296. The average molecular weight is 491 g/mol. The van der Waals surface area contributed by atoms with E-state index in [-0.39, 0.29) is 16.1 Å². The first-order valence-corrected chi connectivity index (χ1v) is 13.0. The second-order valence-electron chi connectivity index (χ2n) is 7.52. The molecule has 11 heteroatoms. The van der Waals surface area contributed by atoms with E-state index >= 15 is 0 Å². The number of unbranched alkanes of at least 4 members (excludes halogenated alkanes) is 2. The summed E-state index contributed by atoms with van der Waals surface area (Å²) in [4.78, 5) is 27.4. The molecule has 2 aromatic carbocycles. The molecule has 0 unspecified atom stereocenters. The topological polar surface area (TPSA) is 123 Å². The Morgan fingerprint density at radius 1 is 1.09 bits per heavy atom. The predicted octanol–water partition coefficient (Wildman–Crippen LogP) is 5.05. The van der Waals surface area contributed by atoms with Crippen molar-refractivity contribution in [3.05, 3.63) is 58.1 Å². The Morgan fingerprint density at radius 2 is 1.73 bits per heavy atom. The molecule has 0 aliphatic rings. The molecule has 1 N–H and O–H groups in total. The zero-order valence-corrected chi connectivity index (χ0v) is 20.1.